The van der Waals surface area contributed by atoms with Crippen molar-refractivity contribution in [2.45, 2.75) is 31.6 Å². The molecule has 0 bridgehead atoms. The van der Waals surface area contributed by atoms with Crippen LogP contribution in [0.15, 0.2) is 22.7 Å². The molecule has 6 heteroatoms. The first-order chi connectivity index (χ1) is 8.35. The molecule has 1 saturated carbocycles. The quantitative estimate of drug-likeness (QED) is 0.859. The van der Waals surface area contributed by atoms with Crippen molar-refractivity contribution in [3.8, 4) is 0 Å². The Hall–Kier alpha value is -0.750. The maximum absolute atomic E-state index is 12.5. The highest BCUT2D eigenvalue weighted by Gasteiger charge is 2.38. The number of nitrogens with zero attached hydrogens (tertiary/aromatic N) is 1. The molecular formula is C12H14BrF3N2. The van der Waals surface area contributed by atoms with E-state index in [4.69, 9.17) is 5.73 Å². The zero-order chi connectivity index (χ0) is 13.3. The second kappa shape index (κ2) is 5.09. The van der Waals surface area contributed by atoms with Gasteiger partial charge in [-0.3, -0.25) is 4.90 Å². The summed E-state index contributed by atoms with van der Waals surface area (Å²) in [6.45, 7) is -0.589. The highest BCUT2D eigenvalue weighted by molar-refractivity contribution is 9.10. The molecule has 2 N–H and O–H groups in total. The first-order valence-electron chi connectivity index (χ1n) is 5.70. The average molecular weight is 323 g/mol. The van der Waals surface area contributed by atoms with Crippen LogP contribution in [0.1, 0.15) is 18.4 Å². The molecule has 0 unspecified atom stereocenters. The third kappa shape index (κ3) is 3.88. The molecule has 0 aromatic heterocycles. The van der Waals surface area contributed by atoms with Gasteiger partial charge in [-0.05, 0) is 36.6 Å². The minimum Gasteiger partial charge on any atom is -0.399 e. The zero-order valence-corrected chi connectivity index (χ0v) is 11.3. The van der Waals surface area contributed by atoms with Crippen LogP contribution in [-0.4, -0.2) is 23.7 Å². The van der Waals surface area contributed by atoms with Gasteiger partial charge in [-0.25, -0.2) is 0 Å². The average Bonchev–Trinajstić information content (AvgIpc) is 3.04. The summed E-state index contributed by atoms with van der Waals surface area (Å²) in [4.78, 5) is 1.47. The Morgan fingerprint density at radius 3 is 2.56 bits per heavy atom. The molecule has 1 aliphatic rings. The summed E-state index contributed by atoms with van der Waals surface area (Å²) in [6.07, 6.45) is -2.47. The molecular weight excluding hydrogens is 309 g/mol. The summed E-state index contributed by atoms with van der Waals surface area (Å²) in [7, 11) is 0. The van der Waals surface area contributed by atoms with E-state index in [0.717, 1.165) is 22.9 Å². The molecule has 2 nitrogen and oxygen atoms in total. The lowest BCUT2D eigenvalue weighted by molar-refractivity contribution is -0.148. The normalized spacial score (nSPS) is 16.3. The fourth-order valence-corrected chi connectivity index (χ4v) is 2.29. The number of rotatable bonds is 4. The van der Waals surface area contributed by atoms with Crippen molar-refractivity contribution in [3.05, 3.63) is 28.2 Å². The van der Waals surface area contributed by atoms with Crippen LogP contribution in [0.3, 0.4) is 0 Å². The van der Waals surface area contributed by atoms with Crippen molar-refractivity contribution in [2.24, 2.45) is 0 Å². The van der Waals surface area contributed by atoms with Gasteiger partial charge in [0.2, 0.25) is 0 Å². The minimum absolute atomic E-state index is 0.0555. The van der Waals surface area contributed by atoms with Gasteiger partial charge < -0.3 is 5.73 Å². The van der Waals surface area contributed by atoms with Gasteiger partial charge in [0.1, 0.15) is 0 Å². The van der Waals surface area contributed by atoms with Gasteiger partial charge in [-0.1, -0.05) is 15.9 Å². The fraction of sp³-hybridized carbons (Fsp3) is 0.500. The van der Waals surface area contributed by atoms with E-state index in [1.54, 1.807) is 18.2 Å². The summed E-state index contributed by atoms with van der Waals surface area (Å²) in [6, 6.07) is 5.26. The van der Waals surface area contributed by atoms with Crippen LogP contribution < -0.4 is 5.73 Å². The molecule has 0 heterocycles. The maximum Gasteiger partial charge on any atom is 0.401 e. The molecule has 0 amide bonds. The smallest absolute Gasteiger partial charge is 0.399 e. The largest absolute Gasteiger partial charge is 0.401 e. The molecule has 0 saturated heterocycles. The zero-order valence-electron chi connectivity index (χ0n) is 9.67. The summed E-state index contributed by atoms with van der Waals surface area (Å²) in [5.74, 6) is 0. The number of nitrogen functional groups attached to an aromatic ring is 1. The second-order valence-corrected chi connectivity index (χ2v) is 5.46. The van der Waals surface area contributed by atoms with E-state index >= 15 is 0 Å². The number of hydrogen-bond donors (Lipinski definition) is 1. The molecule has 2 rings (SSSR count). The van der Waals surface area contributed by atoms with Gasteiger partial charge in [0, 0.05) is 22.7 Å². The molecule has 1 aliphatic carbocycles. The van der Waals surface area contributed by atoms with Gasteiger partial charge in [-0.15, -0.1) is 0 Å². The van der Waals surface area contributed by atoms with Crippen LogP contribution in [0.4, 0.5) is 18.9 Å². The number of nitrogens with two attached hydrogens (primary N) is 1. The molecule has 1 fully saturated rings. The van der Waals surface area contributed by atoms with Gasteiger partial charge in [-0.2, -0.15) is 13.2 Å². The highest BCUT2D eigenvalue weighted by Crippen LogP contribution is 2.32. The third-order valence-electron chi connectivity index (χ3n) is 2.89. The van der Waals surface area contributed by atoms with Crippen molar-refractivity contribution in [3.63, 3.8) is 0 Å². The van der Waals surface area contributed by atoms with Crippen LogP contribution in [0.2, 0.25) is 0 Å². The minimum atomic E-state index is -4.16. The number of anilines is 1. The fourth-order valence-electron chi connectivity index (χ4n) is 1.92. The number of alkyl halides is 3. The molecule has 18 heavy (non-hydrogen) atoms. The lowest BCUT2D eigenvalue weighted by Gasteiger charge is -2.24. The predicted octanol–water partition coefficient (Wildman–Crippen LogP) is 3.56. The van der Waals surface area contributed by atoms with E-state index in [9.17, 15) is 13.2 Å². The van der Waals surface area contributed by atoms with Crippen LogP contribution in [0, 0.1) is 0 Å². The Kier molecular flexibility index (Phi) is 3.87. The van der Waals surface area contributed by atoms with Crippen molar-refractivity contribution in [2.75, 3.05) is 12.3 Å². The summed E-state index contributed by atoms with van der Waals surface area (Å²) >= 11 is 3.34. The Morgan fingerprint density at radius 2 is 2.00 bits per heavy atom. The lowest BCUT2D eigenvalue weighted by atomic mass is 10.2. The number of halogens is 4. The SMILES string of the molecule is Nc1ccc(Br)c(CN(CC(F)(F)F)C2CC2)c1. The van der Waals surface area contributed by atoms with Crippen LogP contribution in [0.25, 0.3) is 0 Å². The Balaban J connectivity index is 2.11. The van der Waals surface area contributed by atoms with Gasteiger partial charge in [0.15, 0.2) is 0 Å². The molecule has 0 atom stereocenters. The summed E-state index contributed by atoms with van der Waals surface area (Å²) in [5.41, 5.74) is 7.02. The first-order valence-corrected chi connectivity index (χ1v) is 6.49. The first kappa shape index (κ1) is 13.7. The van der Waals surface area contributed by atoms with Crippen LogP contribution >= 0.6 is 15.9 Å². The van der Waals surface area contributed by atoms with Crippen molar-refractivity contribution in [1.29, 1.82) is 0 Å². The van der Waals surface area contributed by atoms with Crippen LogP contribution in [0.5, 0.6) is 0 Å². The molecule has 0 radical (unpaired) electrons. The topological polar surface area (TPSA) is 29.3 Å². The maximum atomic E-state index is 12.5. The molecule has 1 aromatic rings. The Morgan fingerprint density at radius 1 is 1.33 bits per heavy atom. The second-order valence-electron chi connectivity index (χ2n) is 4.60. The van der Waals surface area contributed by atoms with Crippen molar-refractivity contribution in [1.82, 2.24) is 4.90 Å². The lowest BCUT2D eigenvalue weighted by Crippen LogP contribution is -2.35. The third-order valence-corrected chi connectivity index (χ3v) is 3.66. The molecule has 100 valence electrons. The summed E-state index contributed by atoms with van der Waals surface area (Å²) in [5, 5.41) is 0. The van der Waals surface area contributed by atoms with E-state index < -0.39 is 12.7 Å². The Labute approximate surface area is 112 Å². The molecule has 0 aliphatic heterocycles. The Bertz CT molecular complexity index is 430. The van der Waals surface area contributed by atoms with Gasteiger partial charge in [0.05, 0.1) is 6.54 Å². The van der Waals surface area contributed by atoms with Crippen LogP contribution in [-0.2, 0) is 6.54 Å². The van der Waals surface area contributed by atoms with E-state index in [2.05, 4.69) is 15.9 Å². The molecule has 1 aromatic carbocycles. The highest BCUT2D eigenvalue weighted by atomic mass is 79.9. The van der Waals surface area contributed by atoms with Gasteiger partial charge in [0.25, 0.3) is 0 Å². The van der Waals surface area contributed by atoms with E-state index in [1.807, 2.05) is 0 Å². The van der Waals surface area contributed by atoms with Crippen molar-refractivity contribution < 1.29 is 13.2 Å². The number of hydrogen-bond acceptors (Lipinski definition) is 2. The van der Waals surface area contributed by atoms with E-state index in [-0.39, 0.29) is 12.6 Å². The number of benzene rings is 1. The monoisotopic (exact) mass is 322 g/mol. The van der Waals surface area contributed by atoms with E-state index in [1.165, 1.54) is 4.90 Å². The predicted molar refractivity (Wildman–Crippen MR) is 68.0 cm³/mol. The summed E-state index contributed by atoms with van der Waals surface area (Å²) < 4.78 is 38.3. The van der Waals surface area contributed by atoms with E-state index in [0.29, 0.717) is 5.69 Å². The van der Waals surface area contributed by atoms with Crippen molar-refractivity contribution >= 4 is 21.6 Å². The van der Waals surface area contributed by atoms with Gasteiger partial charge >= 0.3 is 6.18 Å². The standard InChI is InChI=1S/C12H14BrF3N2/c13-11-4-1-9(17)5-8(11)6-18(10-2-3-10)7-12(14,15)16/h1,4-5,10H,2-3,6-7,17H2. The molecule has 0 spiro atoms.